The van der Waals surface area contributed by atoms with Crippen molar-refractivity contribution < 1.29 is 14.6 Å². The number of rotatable bonds is 17. The molecule has 0 aromatic heterocycles. The van der Waals surface area contributed by atoms with E-state index in [9.17, 15) is 4.79 Å². The highest BCUT2D eigenvalue weighted by molar-refractivity contribution is 7.99. The first kappa shape index (κ1) is 23.9. The van der Waals surface area contributed by atoms with E-state index in [0.717, 1.165) is 17.9 Å². The lowest BCUT2D eigenvalue weighted by Crippen LogP contribution is -2.10. The topological polar surface area (TPSA) is 46.5 Å². The van der Waals surface area contributed by atoms with E-state index in [0.29, 0.717) is 17.4 Å². The predicted molar refractivity (Wildman–Crippen MR) is 117 cm³/mol. The lowest BCUT2D eigenvalue weighted by molar-refractivity contribution is 0.0697. The van der Waals surface area contributed by atoms with Crippen LogP contribution in [0.4, 0.5) is 0 Å². The van der Waals surface area contributed by atoms with Crippen LogP contribution < -0.4 is 4.74 Å². The third-order valence-electron chi connectivity index (χ3n) is 4.84. The number of hydrogen-bond donors (Lipinski definition) is 1. The summed E-state index contributed by atoms with van der Waals surface area (Å²) in [5.41, 5.74) is 0.298. The zero-order valence-corrected chi connectivity index (χ0v) is 18.1. The van der Waals surface area contributed by atoms with Gasteiger partial charge < -0.3 is 9.84 Å². The van der Waals surface area contributed by atoms with Gasteiger partial charge in [-0.15, -0.1) is 0 Å². The molecule has 4 heteroatoms. The number of thioether (sulfide) groups is 1. The molecule has 0 spiro atoms. The molecule has 0 amide bonds. The van der Waals surface area contributed by atoms with Gasteiger partial charge in [0.05, 0.1) is 12.2 Å². The second-order valence-electron chi connectivity index (χ2n) is 7.16. The molecule has 0 aliphatic heterocycles. The summed E-state index contributed by atoms with van der Waals surface area (Å²) in [6.07, 6.45) is 14.7. The van der Waals surface area contributed by atoms with E-state index < -0.39 is 5.97 Å². The molecular weight excluding hydrogens is 356 g/mol. The predicted octanol–water partition coefficient (Wildman–Crippen LogP) is 7.20. The van der Waals surface area contributed by atoms with Gasteiger partial charge in [0, 0.05) is 5.25 Å². The van der Waals surface area contributed by atoms with Crippen LogP contribution in [0.3, 0.4) is 0 Å². The van der Waals surface area contributed by atoms with E-state index in [-0.39, 0.29) is 0 Å². The maximum absolute atomic E-state index is 10.9. The summed E-state index contributed by atoms with van der Waals surface area (Å²) in [4.78, 5) is 10.9. The lowest BCUT2D eigenvalue weighted by Gasteiger charge is -2.16. The molecule has 27 heavy (non-hydrogen) atoms. The monoisotopic (exact) mass is 394 g/mol. The van der Waals surface area contributed by atoms with Gasteiger partial charge in [0.15, 0.2) is 0 Å². The molecule has 0 aliphatic carbocycles. The first-order valence-electron chi connectivity index (χ1n) is 10.7. The van der Waals surface area contributed by atoms with Gasteiger partial charge in [-0.2, -0.15) is 11.8 Å². The molecule has 0 aliphatic rings. The Morgan fingerprint density at radius 3 is 2.07 bits per heavy atom. The second-order valence-corrected chi connectivity index (χ2v) is 8.74. The summed E-state index contributed by atoms with van der Waals surface area (Å²) >= 11 is 2.04. The number of carbonyl (C=O) groups is 1. The molecule has 0 radical (unpaired) electrons. The summed E-state index contributed by atoms with van der Waals surface area (Å²) in [6.45, 7) is 5.19. The van der Waals surface area contributed by atoms with E-state index in [1.165, 1.54) is 64.2 Å². The van der Waals surface area contributed by atoms with Crippen LogP contribution in [0.2, 0.25) is 0 Å². The maximum Gasteiger partial charge on any atom is 0.335 e. The largest absolute Gasteiger partial charge is 0.494 e. The molecule has 1 aromatic rings. The Morgan fingerprint density at radius 1 is 0.926 bits per heavy atom. The van der Waals surface area contributed by atoms with Crippen molar-refractivity contribution in [1.82, 2.24) is 0 Å². The summed E-state index contributed by atoms with van der Waals surface area (Å²) in [5.74, 6) is 1.00. The Morgan fingerprint density at radius 2 is 1.52 bits per heavy atom. The van der Waals surface area contributed by atoms with E-state index in [4.69, 9.17) is 9.84 Å². The highest BCUT2D eigenvalue weighted by atomic mass is 32.2. The van der Waals surface area contributed by atoms with Crippen molar-refractivity contribution in [2.45, 2.75) is 89.7 Å². The van der Waals surface area contributed by atoms with Crippen molar-refractivity contribution in [3.63, 3.8) is 0 Å². The third-order valence-corrected chi connectivity index (χ3v) is 6.12. The Kier molecular flexibility index (Phi) is 14.0. The van der Waals surface area contributed by atoms with Crippen molar-refractivity contribution in [2.75, 3.05) is 12.4 Å². The van der Waals surface area contributed by atoms with Gasteiger partial charge in [-0.25, -0.2) is 4.79 Å². The molecule has 0 fully saturated rings. The zero-order chi connectivity index (χ0) is 19.7. The Balaban J connectivity index is 2.13. The number of carboxylic acids is 1. The SMILES string of the molecule is CCCCCCCCCCCC(CCOc1ccc(C(=O)O)cc1)SCC. The summed E-state index contributed by atoms with van der Waals surface area (Å²) in [5, 5.41) is 9.59. The Bertz CT molecular complexity index is 487. The van der Waals surface area contributed by atoms with E-state index >= 15 is 0 Å². The number of benzene rings is 1. The summed E-state index contributed by atoms with van der Waals surface area (Å²) in [7, 11) is 0. The van der Waals surface area contributed by atoms with E-state index in [2.05, 4.69) is 13.8 Å². The fraction of sp³-hybridized carbons (Fsp3) is 0.696. The molecule has 1 N–H and O–H groups in total. The number of aromatic carboxylic acids is 1. The number of unbranched alkanes of at least 4 members (excludes halogenated alkanes) is 8. The Labute approximate surface area is 170 Å². The van der Waals surface area contributed by atoms with Crippen molar-refractivity contribution >= 4 is 17.7 Å². The maximum atomic E-state index is 10.9. The molecule has 1 rings (SSSR count). The van der Waals surface area contributed by atoms with Crippen LogP contribution in [-0.2, 0) is 0 Å². The third kappa shape index (κ3) is 12.0. The van der Waals surface area contributed by atoms with Gasteiger partial charge in [-0.1, -0.05) is 71.6 Å². The summed E-state index contributed by atoms with van der Waals surface area (Å²) in [6, 6.07) is 6.67. The molecule has 1 atom stereocenters. The first-order valence-corrected chi connectivity index (χ1v) is 11.8. The molecule has 154 valence electrons. The van der Waals surface area contributed by atoms with Crippen LogP contribution in [0.1, 0.15) is 94.8 Å². The average molecular weight is 395 g/mol. The quantitative estimate of drug-likeness (QED) is 0.284. The van der Waals surface area contributed by atoms with E-state index in [1.54, 1.807) is 24.3 Å². The lowest BCUT2D eigenvalue weighted by atomic mass is 10.1. The average Bonchev–Trinajstić information content (AvgIpc) is 2.67. The first-order chi connectivity index (χ1) is 13.2. The molecule has 0 saturated heterocycles. The van der Waals surface area contributed by atoms with Gasteiger partial charge in [0.1, 0.15) is 5.75 Å². The van der Waals surface area contributed by atoms with Crippen molar-refractivity contribution in [2.24, 2.45) is 0 Å². The van der Waals surface area contributed by atoms with Crippen LogP contribution in [0, 0.1) is 0 Å². The van der Waals surface area contributed by atoms with Crippen molar-refractivity contribution in [1.29, 1.82) is 0 Å². The van der Waals surface area contributed by atoms with Crippen molar-refractivity contribution in [3.8, 4) is 5.75 Å². The summed E-state index contributed by atoms with van der Waals surface area (Å²) < 4.78 is 5.80. The normalized spacial score (nSPS) is 12.1. The number of hydrogen-bond acceptors (Lipinski definition) is 3. The van der Waals surface area contributed by atoms with Crippen LogP contribution in [0.25, 0.3) is 0 Å². The fourth-order valence-electron chi connectivity index (χ4n) is 3.23. The minimum absolute atomic E-state index is 0.298. The van der Waals surface area contributed by atoms with Gasteiger partial charge in [-0.3, -0.25) is 0 Å². The minimum Gasteiger partial charge on any atom is -0.494 e. The van der Waals surface area contributed by atoms with E-state index in [1.807, 2.05) is 11.8 Å². The standard InChI is InChI=1S/C23H38O3S/c1-3-5-6-7-8-9-10-11-12-13-22(27-4-2)18-19-26-21-16-14-20(15-17-21)23(24)25/h14-17,22H,3-13,18-19H2,1-2H3,(H,24,25). The highest BCUT2D eigenvalue weighted by Crippen LogP contribution is 2.22. The van der Waals surface area contributed by atoms with Crippen LogP contribution in [-0.4, -0.2) is 28.7 Å². The highest BCUT2D eigenvalue weighted by Gasteiger charge is 2.09. The molecule has 0 bridgehead atoms. The molecule has 0 saturated carbocycles. The molecule has 1 unspecified atom stereocenters. The van der Waals surface area contributed by atoms with Gasteiger partial charge in [0.2, 0.25) is 0 Å². The van der Waals surface area contributed by atoms with Crippen LogP contribution in [0.5, 0.6) is 5.75 Å². The Hall–Kier alpha value is -1.16. The number of ether oxygens (including phenoxy) is 1. The number of carboxylic acid groups (broad SMARTS) is 1. The minimum atomic E-state index is -0.901. The van der Waals surface area contributed by atoms with Gasteiger partial charge in [0.25, 0.3) is 0 Å². The molecular formula is C23H38O3S. The van der Waals surface area contributed by atoms with Crippen LogP contribution in [0.15, 0.2) is 24.3 Å². The van der Waals surface area contributed by atoms with Crippen molar-refractivity contribution in [3.05, 3.63) is 29.8 Å². The van der Waals surface area contributed by atoms with Gasteiger partial charge >= 0.3 is 5.97 Å². The fourth-order valence-corrected chi connectivity index (χ4v) is 4.30. The molecule has 1 aromatic carbocycles. The van der Waals surface area contributed by atoms with Crippen LogP contribution >= 0.6 is 11.8 Å². The zero-order valence-electron chi connectivity index (χ0n) is 17.3. The molecule has 0 heterocycles. The molecule has 3 nitrogen and oxygen atoms in total. The second kappa shape index (κ2) is 15.9. The van der Waals surface area contributed by atoms with Gasteiger partial charge in [-0.05, 0) is 42.9 Å². The smallest absolute Gasteiger partial charge is 0.335 e.